The zero-order valence-electron chi connectivity index (χ0n) is 9.77. The minimum absolute atomic E-state index is 0.141. The predicted octanol–water partition coefficient (Wildman–Crippen LogP) is 3.03. The molecule has 0 bridgehead atoms. The van der Waals surface area contributed by atoms with Crippen molar-refractivity contribution in [2.45, 2.75) is 18.6 Å². The first kappa shape index (κ1) is 13.3. The number of ether oxygens (including phenoxy) is 1. The van der Waals surface area contributed by atoms with Crippen molar-refractivity contribution in [1.82, 2.24) is 4.90 Å². The van der Waals surface area contributed by atoms with E-state index < -0.39 is 11.9 Å². The predicted molar refractivity (Wildman–Crippen MR) is 67.0 cm³/mol. The highest BCUT2D eigenvalue weighted by Crippen LogP contribution is 2.34. The van der Waals surface area contributed by atoms with Crippen molar-refractivity contribution in [3.05, 3.63) is 34.1 Å². The van der Waals surface area contributed by atoms with E-state index in [4.69, 9.17) is 9.84 Å². The van der Waals surface area contributed by atoms with E-state index in [1.54, 1.807) is 19.2 Å². The third-order valence-corrected chi connectivity index (χ3v) is 3.81. The van der Waals surface area contributed by atoms with Gasteiger partial charge in [-0.05, 0) is 33.6 Å². The number of hydrogen-bond donors (Lipinski definition) is 1. The van der Waals surface area contributed by atoms with Crippen molar-refractivity contribution in [2.75, 3.05) is 13.7 Å². The number of carboxylic acid groups (broad SMARTS) is 1. The van der Waals surface area contributed by atoms with Crippen LogP contribution in [0.5, 0.6) is 0 Å². The summed E-state index contributed by atoms with van der Waals surface area (Å²) in [6, 6.07) is 4.33. The molecule has 1 heterocycles. The molecular weight excluding hydrogens is 305 g/mol. The Morgan fingerprint density at radius 3 is 2.89 bits per heavy atom. The summed E-state index contributed by atoms with van der Waals surface area (Å²) in [5, 5.41) is 9.15. The highest BCUT2D eigenvalue weighted by molar-refractivity contribution is 9.10. The molecule has 2 atom stereocenters. The van der Waals surface area contributed by atoms with Gasteiger partial charge in [-0.3, -0.25) is 4.90 Å². The van der Waals surface area contributed by atoms with E-state index in [1.165, 1.54) is 11.0 Å². The van der Waals surface area contributed by atoms with Crippen LogP contribution < -0.4 is 0 Å². The van der Waals surface area contributed by atoms with Crippen molar-refractivity contribution in [1.29, 1.82) is 0 Å². The molecule has 0 saturated carbocycles. The highest BCUT2D eigenvalue weighted by atomic mass is 79.9. The van der Waals surface area contributed by atoms with Crippen LogP contribution in [0.4, 0.5) is 9.18 Å². The number of hydrogen-bond acceptors (Lipinski definition) is 2. The fraction of sp³-hybridized carbons (Fsp3) is 0.417. The van der Waals surface area contributed by atoms with Gasteiger partial charge < -0.3 is 9.84 Å². The Kier molecular flexibility index (Phi) is 3.87. The quantitative estimate of drug-likeness (QED) is 0.912. The van der Waals surface area contributed by atoms with Gasteiger partial charge in [0, 0.05) is 13.5 Å². The first-order chi connectivity index (χ1) is 8.52. The Bertz CT molecular complexity index is 469. The standard InChI is InChI=1S/C12H13BrFNO3/c1-18-8-5-11(15(6-8)12(16)17)7-2-3-9(13)10(14)4-7/h2-4,8,11H,5-6H2,1H3,(H,16,17)/t8-,11-/m1/s1. The van der Waals surface area contributed by atoms with Crippen molar-refractivity contribution >= 4 is 22.0 Å². The second-order valence-corrected chi connectivity index (χ2v) is 5.07. The monoisotopic (exact) mass is 317 g/mol. The summed E-state index contributed by atoms with van der Waals surface area (Å²) >= 11 is 3.08. The lowest BCUT2D eigenvalue weighted by atomic mass is 10.0. The summed E-state index contributed by atoms with van der Waals surface area (Å²) < 4.78 is 19.1. The number of halogens is 2. The van der Waals surface area contributed by atoms with Crippen LogP contribution in [0.2, 0.25) is 0 Å². The molecule has 1 saturated heterocycles. The maximum absolute atomic E-state index is 13.5. The molecule has 2 rings (SSSR count). The van der Waals surface area contributed by atoms with Crippen LogP contribution in [0.15, 0.2) is 22.7 Å². The largest absolute Gasteiger partial charge is 0.465 e. The van der Waals surface area contributed by atoms with Crippen LogP contribution in [0, 0.1) is 5.82 Å². The van der Waals surface area contributed by atoms with E-state index in [9.17, 15) is 9.18 Å². The van der Waals surface area contributed by atoms with Crippen molar-refractivity contribution in [2.24, 2.45) is 0 Å². The lowest BCUT2D eigenvalue weighted by Crippen LogP contribution is -2.30. The molecular formula is C12H13BrFNO3. The number of rotatable bonds is 2. The Balaban J connectivity index is 2.29. The Labute approximate surface area is 112 Å². The summed E-state index contributed by atoms with van der Waals surface area (Å²) in [5.74, 6) is -0.390. The second-order valence-electron chi connectivity index (χ2n) is 4.22. The van der Waals surface area contributed by atoms with E-state index in [2.05, 4.69) is 15.9 Å². The van der Waals surface area contributed by atoms with Gasteiger partial charge in [0.1, 0.15) is 5.82 Å². The van der Waals surface area contributed by atoms with E-state index in [0.29, 0.717) is 23.0 Å². The minimum Gasteiger partial charge on any atom is -0.465 e. The minimum atomic E-state index is -1.01. The number of likely N-dealkylation sites (tertiary alicyclic amines) is 1. The van der Waals surface area contributed by atoms with Crippen molar-refractivity contribution < 1.29 is 19.0 Å². The van der Waals surface area contributed by atoms with Gasteiger partial charge in [-0.15, -0.1) is 0 Å². The van der Waals surface area contributed by atoms with Crippen molar-refractivity contribution in [3.8, 4) is 0 Å². The molecule has 0 radical (unpaired) electrons. The molecule has 0 aromatic heterocycles. The fourth-order valence-corrected chi connectivity index (χ4v) is 2.46. The first-order valence-electron chi connectivity index (χ1n) is 5.50. The van der Waals surface area contributed by atoms with Gasteiger partial charge in [0.2, 0.25) is 0 Å². The molecule has 98 valence electrons. The normalized spacial score (nSPS) is 23.4. The molecule has 1 fully saturated rings. The number of nitrogens with zero attached hydrogens (tertiary/aromatic N) is 1. The third-order valence-electron chi connectivity index (χ3n) is 3.17. The van der Waals surface area contributed by atoms with Gasteiger partial charge >= 0.3 is 6.09 Å². The molecule has 1 aromatic rings. The Morgan fingerprint density at radius 2 is 2.33 bits per heavy atom. The average Bonchev–Trinajstić information content (AvgIpc) is 2.77. The summed E-state index contributed by atoms with van der Waals surface area (Å²) in [6.07, 6.45) is -0.607. The number of methoxy groups -OCH3 is 1. The summed E-state index contributed by atoms with van der Waals surface area (Å²) in [7, 11) is 1.55. The first-order valence-corrected chi connectivity index (χ1v) is 6.29. The third kappa shape index (κ3) is 2.49. The van der Waals surface area contributed by atoms with Crippen LogP contribution in [-0.4, -0.2) is 35.9 Å². The molecule has 0 aliphatic carbocycles. The lowest BCUT2D eigenvalue weighted by molar-refractivity contribution is 0.102. The molecule has 4 nitrogen and oxygen atoms in total. The fourth-order valence-electron chi connectivity index (χ4n) is 2.22. The zero-order chi connectivity index (χ0) is 13.3. The Morgan fingerprint density at radius 1 is 1.61 bits per heavy atom. The maximum Gasteiger partial charge on any atom is 0.407 e. The van der Waals surface area contributed by atoms with Crippen LogP contribution in [0.3, 0.4) is 0 Å². The SMILES string of the molecule is CO[C@@H]1C[C@H](c2ccc(Br)c(F)c2)N(C(=O)O)C1. The summed E-state index contributed by atoms with van der Waals surface area (Å²) in [6.45, 7) is 0.314. The highest BCUT2D eigenvalue weighted by Gasteiger charge is 2.36. The van der Waals surface area contributed by atoms with Crippen LogP contribution in [-0.2, 0) is 4.74 Å². The summed E-state index contributed by atoms with van der Waals surface area (Å²) in [5.41, 5.74) is 0.651. The zero-order valence-corrected chi connectivity index (χ0v) is 11.4. The molecule has 1 aliphatic rings. The molecule has 1 aromatic carbocycles. The van der Waals surface area contributed by atoms with Crippen LogP contribution in [0.1, 0.15) is 18.0 Å². The number of amides is 1. The van der Waals surface area contributed by atoms with Gasteiger partial charge in [0.05, 0.1) is 23.2 Å². The second kappa shape index (κ2) is 5.24. The molecule has 6 heteroatoms. The van der Waals surface area contributed by atoms with Gasteiger partial charge in [0.15, 0.2) is 0 Å². The molecule has 1 aliphatic heterocycles. The molecule has 0 spiro atoms. The van der Waals surface area contributed by atoms with Crippen LogP contribution in [0.25, 0.3) is 0 Å². The molecule has 1 N–H and O–H groups in total. The smallest absolute Gasteiger partial charge is 0.407 e. The maximum atomic E-state index is 13.5. The summed E-state index contributed by atoms with van der Waals surface area (Å²) in [4.78, 5) is 12.5. The van der Waals surface area contributed by atoms with Gasteiger partial charge in [-0.1, -0.05) is 6.07 Å². The number of benzene rings is 1. The lowest BCUT2D eigenvalue weighted by Gasteiger charge is -2.21. The van der Waals surface area contributed by atoms with E-state index in [-0.39, 0.29) is 12.1 Å². The van der Waals surface area contributed by atoms with Gasteiger partial charge in [0.25, 0.3) is 0 Å². The topological polar surface area (TPSA) is 49.8 Å². The van der Waals surface area contributed by atoms with Crippen molar-refractivity contribution in [3.63, 3.8) is 0 Å². The average molecular weight is 318 g/mol. The van der Waals surface area contributed by atoms with E-state index in [1.807, 2.05) is 0 Å². The van der Waals surface area contributed by atoms with Crippen LogP contribution >= 0.6 is 15.9 Å². The molecule has 0 unspecified atom stereocenters. The van der Waals surface area contributed by atoms with Gasteiger partial charge in [-0.2, -0.15) is 0 Å². The molecule has 18 heavy (non-hydrogen) atoms. The molecule has 1 amide bonds. The van der Waals surface area contributed by atoms with Gasteiger partial charge in [-0.25, -0.2) is 9.18 Å². The van der Waals surface area contributed by atoms with E-state index >= 15 is 0 Å². The number of carbonyl (C=O) groups is 1. The van der Waals surface area contributed by atoms with E-state index in [0.717, 1.165) is 0 Å². The Hall–Kier alpha value is -1.14.